The summed E-state index contributed by atoms with van der Waals surface area (Å²) in [6, 6.07) is 3.50. The minimum atomic E-state index is -1.00. The second kappa shape index (κ2) is 7.88. The molecule has 29 heavy (non-hydrogen) atoms. The van der Waals surface area contributed by atoms with Crippen molar-refractivity contribution in [2.24, 2.45) is 23.2 Å². The fraction of sp³-hybridized carbons (Fsp3) is 0.750. The van der Waals surface area contributed by atoms with Gasteiger partial charge in [0.1, 0.15) is 11.9 Å². The Hall–Kier alpha value is -0.510. The smallest absolute Gasteiger partial charge is 0.134 e. The summed E-state index contributed by atoms with van der Waals surface area (Å²) < 4.78 is 15.8. The molecule has 1 aromatic carbocycles. The Kier molecular flexibility index (Phi) is 5.90. The molecule has 3 aliphatic rings. The predicted octanol–water partition coefficient (Wildman–Crippen LogP) is 6.63. The number of halogens is 3. The molecule has 162 valence electrons. The first kappa shape index (κ1) is 21.7. The summed E-state index contributed by atoms with van der Waals surface area (Å²) in [5.41, 5.74) is 0.714. The van der Waals surface area contributed by atoms with Crippen molar-refractivity contribution in [2.75, 3.05) is 5.88 Å². The molecule has 2 saturated carbocycles. The summed E-state index contributed by atoms with van der Waals surface area (Å²) in [4.78, 5) is 0. The van der Waals surface area contributed by atoms with Gasteiger partial charge < -0.3 is 10.2 Å². The van der Waals surface area contributed by atoms with Crippen molar-refractivity contribution in [3.05, 3.63) is 28.3 Å². The van der Waals surface area contributed by atoms with E-state index >= 15 is 4.39 Å². The lowest BCUT2D eigenvalue weighted by molar-refractivity contribution is -0.120. The van der Waals surface area contributed by atoms with Crippen LogP contribution in [0.1, 0.15) is 75.8 Å². The topological polar surface area (TPSA) is 40.5 Å². The second-order valence-electron chi connectivity index (χ2n) is 10.1. The lowest BCUT2D eigenvalue weighted by atomic mass is 9.50. The van der Waals surface area contributed by atoms with Crippen LogP contribution in [0.25, 0.3) is 0 Å². The number of unbranched alkanes of at least 4 members (excludes halogenated alkanes) is 2. The van der Waals surface area contributed by atoms with Crippen LogP contribution in [0, 0.1) is 23.2 Å². The molecule has 0 bridgehead atoms. The first-order valence-corrected chi connectivity index (χ1v) is 12.0. The van der Waals surface area contributed by atoms with Gasteiger partial charge in [0, 0.05) is 17.2 Å². The van der Waals surface area contributed by atoms with Crippen molar-refractivity contribution in [1.29, 1.82) is 0 Å². The maximum Gasteiger partial charge on any atom is 0.134 e. The van der Waals surface area contributed by atoms with Crippen LogP contribution in [0.5, 0.6) is 5.75 Å². The number of aliphatic hydroxyl groups is 1. The Morgan fingerprint density at radius 2 is 1.97 bits per heavy atom. The summed E-state index contributed by atoms with van der Waals surface area (Å²) in [6.45, 7) is 4.01. The molecule has 0 radical (unpaired) electrons. The van der Waals surface area contributed by atoms with Gasteiger partial charge in [-0.2, -0.15) is 0 Å². The van der Waals surface area contributed by atoms with Gasteiger partial charge in [-0.1, -0.05) is 37.4 Å². The summed E-state index contributed by atoms with van der Waals surface area (Å²) in [7, 11) is 0. The average molecular weight is 443 g/mol. The minimum Gasteiger partial charge on any atom is -0.506 e. The molecule has 1 aromatic rings. The fourth-order valence-corrected chi connectivity index (χ4v) is 7.43. The molecule has 2 nitrogen and oxygen atoms in total. The zero-order valence-electron chi connectivity index (χ0n) is 17.4. The Morgan fingerprint density at radius 1 is 1.21 bits per heavy atom. The van der Waals surface area contributed by atoms with Crippen LogP contribution in [-0.4, -0.2) is 27.9 Å². The lowest BCUT2D eigenvalue weighted by Gasteiger charge is -2.56. The number of rotatable bonds is 5. The van der Waals surface area contributed by atoms with Gasteiger partial charge in [-0.05, 0) is 80.4 Å². The summed E-state index contributed by atoms with van der Waals surface area (Å²) in [5.74, 6) is 1.41. The average Bonchev–Trinajstić information content (AvgIpc) is 2.90. The third kappa shape index (κ3) is 3.40. The maximum absolute atomic E-state index is 15.8. The number of hydrogen-bond donors (Lipinski definition) is 2. The Morgan fingerprint density at radius 3 is 2.69 bits per heavy atom. The highest BCUT2D eigenvalue weighted by Gasteiger charge is 2.63. The van der Waals surface area contributed by atoms with Crippen LogP contribution < -0.4 is 0 Å². The maximum atomic E-state index is 15.8. The van der Waals surface area contributed by atoms with Gasteiger partial charge in [-0.3, -0.25) is 0 Å². The molecule has 0 aromatic heterocycles. The normalized spacial score (nSPS) is 41.0. The largest absolute Gasteiger partial charge is 0.506 e. The van der Waals surface area contributed by atoms with Gasteiger partial charge in [-0.25, -0.2) is 4.39 Å². The van der Waals surface area contributed by atoms with Crippen LogP contribution in [-0.2, 0) is 6.42 Å². The predicted molar refractivity (Wildman–Crippen MR) is 117 cm³/mol. The van der Waals surface area contributed by atoms with Crippen LogP contribution >= 0.6 is 23.2 Å². The van der Waals surface area contributed by atoms with E-state index in [9.17, 15) is 10.2 Å². The number of alkyl halides is 2. The van der Waals surface area contributed by atoms with Gasteiger partial charge in [0.15, 0.2) is 0 Å². The molecule has 4 rings (SSSR count). The summed E-state index contributed by atoms with van der Waals surface area (Å²) in [6.07, 6.45) is 6.04. The fourth-order valence-electron chi connectivity index (χ4n) is 6.99. The third-order valence-corrected chi connectivity index (χ3v) is 9.41. The van der Waals surface area contributed by atoms with E-state index in [1.54, 1.807) is 6.07 Å². The van der Waals surface area contributed by atoms with Gasteiger partial charge in [0.05, 0.1) is 10.6 Å². The molecule has 0 spiro atoms. The molecule has 5 heteroatoms. The van der Waals surface area contributed by atoms with E-state index in [1.807, 2.05) is 13.0 Å². The zero-order valence-corrected chi connectivity index (χ0v) is 18.9. The van der Waals surface area contributed by atoms with E-state index < -0.39 is 11.8 Å². The van der Waals surface area contributed by atoms with Crippen molar-refractivity contribution >= 4 is 23.2 Å². The highest BCUT2D eigenvalue weighted by molar-refractivity contribution is 6.32. The number of fused-ring (bicyclic) bond motifs is 5. The van der Waals surface area contributed by atoms with Gasteiger partial charge >= 0.3 is 0 Å². The molecule has 0 amide bonds. The monoisotopic (exact) mass is 442 g/mol. The molecular weight excluding hydrogens is 410 g/mol. The highest BCUT2D eigenvalue weighted by atomic mass is 35.5. The van der Waals surface area contributed by atoms with Crippen molar-refractivity contribution < 1.29 is 14.6 Å². The van der Waals surface area contributed by atoms with E-state index in [4.69, 9.17) is 23.2 Å². The quantitative estimate of drug-likeness (QED) is 0.396. The molecule has 0 saturated heterocycles. The van der Waals surface area contributed by atoms with Gasteiger partial charge in [-0.15, -0.1) is 11.6 Å². The number of hydrogen-bond acceptors (Lipinski definition) is 2. The lowest BCUT2D eigenvalue weighted by Crippen LogP contribution is -2.55. The van der Waals surface area contributed by atoms with E-state index in [0.29, 0.717) is 29.2 Å². The molecule has 7 atom stereocenters. The van der Waals surface area contributed by atoms with Crippen molar-refractivity contribution in [1.82, 2.24) is 0 Å². The number of phenols is 1. The molecule has 0 heterocycles. The van der Waals surface area contributed by atoms with Crippen LogP contribution in [0.4, 0.5) is 4.39 Å². The molecule has 3 unspecified atom stereocenters. The van der Waals surface area contributed by atoms with Crippen LogP contribution in [0.2, 0.25) is 5.02 Å². The standard InChI is InChI=1S/C24H33Cl2FO2/c1-23-13-18(27)21-15-7-8-19(28)22(26)16(15)12-14(6-4-3-5-11-25)20(21)17(23)9-10-24(23,2)29/h7-8,14,17-18,20-21,28-29H,3-6,9-13H2,1-2H3/t14?,17?,18-,20-,21?,23-,24+/m0/s1. The Bertz CT molecular complexity index is 767. The van der Waals surface area contributed by atoms with E-state index in [1.165, 1.54) is 0 Å². The molecule has 2 N–H and O–H groups in total. The van der Waals surface area contributed by atoms with Gasteiger partial charge in [0.25, 0.3) is 0 Å². The number of phenolic OH excluding ortho intramolecular Hbond substituents is 1. The summed E-state index contributed by atoms with van der Waals surface area (Å²) >= 11 is 12.4. The van der Waals surface area contributed by atoms with Crippen LogP contribution in [0.15, 0.2) is 12.1 Å². The molecule has 3 aliphatic carbocycles. The minimum absolute atomic E-state index is 0.0876. The van der Waals surface area contributed by atoms with E-state index in [0.717, 1.165) is 56.1 Å². The van der Waals surface area contributed by atoms with Crippen molar-refractivity contribution in [3.63, 3.8) is 0 Å². The Labute approximate surface area is 183 Å². The second-order valence-corrected chi connectivity index (χ2v) is 10.9. The van der Waals surface area contributed by atoms with Gasteiger partial charge in [0.2, 0.25) is 0 Å². The van der Waals surface area contributed by atoms with Crippen LogP contribution in [0.3, 0.4) is 0 Å². The van der Waals surface area contributed by atoms with E-state index in [-0.39, 0.29) is 23.0 Å². The molecule has 0 aliphatic heterocycles. The number of benzene rings is 1. The third-order valence-electron chi connectivity index (χ3n) is 8.72. The summed E-state index contributed by atoms with van der Waals surface area (Å²) in [5, 5.41) is 21.7. The molecule has 2 fully saturated rings. The SMILES string of the molecule is C[C@]12C[C@H](F)C3c4ccc(O)c(Cl)c4CC(CCCCCCl)[C@H]3C1CC[C@@]2(C)O. The first-order valence-electron chi connectivity index (χ1n) is 11.1. The number of aromatic hydroxyl groups is 1. The molecular formula is C24H33Cl2FO2. The Balaban J connectivity index is 1.74. The first-order chi connectivity index (χ1) is 13.7. The highest BCUT2D eigenvalue weighted by Crippen LogP contribution is 2.66. The zero-order chi connectivity index (χ0) is 21.0. The van der Waals surface area contributed by atoms with E-state index in [2.05, 4.69) is 6.92 Å². The van der Waals surface area contributed by atoms with Crippen molar-refractivity contribution in [3.8, 4) is 5.75 Å². The van der Waals surface area contributed by atoms with Crippen molar-refractivity contribution in [2.45, 2.75) is 82.9 Å².